The summed E-state index contributed by atoms with van der Waals surface area (Å²) < 4.78 is 16.6. The van der Waals surface area contributed by atoms with Crippen molar-refractivity contribution in [1.29, 1.82) is 0 Å². The molecule has 0 aliphatic heterocycles. The minimum absolute atomic E-state index is 0.351. The maximum atomic E-state index is 13.2. The van der Waals surface area contributed by atoms with Gasteiger partial charge in [0.25, 0.3) is 0 Å². The molecule has 0 unspecified atom stereocenters. The monoisotopic (exact) mass is 508 g/mol. The molecule has 0 spiro atoms. The van der Waals surface area contributed by atoms with Crippen LogP contribution in [0.4, 0.5) is 15.8 Å². The second-order valence-corrected chi connectivity index (χ2v) is 8.56. The molecule has 4 rings (SSSR count). The first-order chi connectivity index (χ1) is 15.4. The predicted molar refractivity (Wildman–Crippen MR) is 130 cm³/mol. The molecule has 0 saturated heterocycles. The number of aromatic nitrogens is 4. The summed E-state index contributed by atoms with van der Waals surface area (Å²) in [6.45, 7) is 0.900. The van der Waals surface area contributed by atoms with Gasteiger partial charge >= 0.3 is 0 Å². The van der Waals surface area contributed by atoms with Crippen LogP contribution in [0, 0.1) is 5.82 Å². The zero-order valence-electron chi connectivity index (χ0n) is 16.4. The molecule has 4 aromatic rings. The van der Waals surface area contributed by atoms with E-state index in [0.717, 1.165) is 16.8 Å². The van der Waals surface area contributed by atoms with Crippen LogP contribution in [0.3, 0.4) is 0 Å². The van der Waals surface area contributed by atoms with Crippen molar-refractivity contribution in [1.82, 2.24) is 19.6 Å². The minimum Gasteiger partial charge on any atom is -0.330 e. The Morgan fingerprint density at radius 2 is 1.38 bits per heavy atom. The Balaban J connectivity index is 1.33. The number of rotatable bonds is 6. The van der Waals surface area contributed by atoms with Gasteiger partial charge in [0.1, 0.15) is 5.82 Å². The normalized spacial score (nSPS) is 10.9. The second kappa shape index (κ2) is 9.87. The molecule has 0 bridgehead atoms. The maximum absolute atomic E-state index is 13.2. The summed E-state index contributed by atoms with van der Waals surface area (Å²) in [6, 6.07) is 9.62. The molecule has 2 aromatic carbocycles. The van der Waals surface area contributed by atoms with E-state index in [1.807, 2.05) is 12.3 Å². The summed E-state index contributed by atoms with van der Waals surface area (Å²) >= 11 is 23.6. The molecule has 0 fully saturated rings. The van der Waals surface area contributed by atoms with Crippen LogP contribution >= 0.6 is 47.0 Å². The van der Waals surface area contributed by atoms with Crippen LogP contribution in [0.15, 0.2) is 61.2 Å². The topological polar surface area (TPSA) is 59.7 Å². The van der Waals surface area contributed by atoms with Crippen LogP contribution in [-0.2, 0) is 13.1 Å². The lowest BCUT2D eigenvalue weighted by Crippen LogP contribution is -2.18. The second-order valence-electron chi connectivity index (χ2n) is 6.90. The molecule has 164 valence electrons. The molecule has 2 aromatic heterocycles. The first-order valence-corrected chi connectivity index (χ1v) is 10.9. The minimum atomic E-state index is -0.377. The van der Waals surface area contributed by atoms with Crippen LogP contribution in [0.1, 0.15) is 11.1 Å². The number of nitrogens with zero attached hydrogens (tertiary/aromatic N) is 4. The van der Waals surface area contributed by atoms with Crippen molar-refractivity contribution in [2.75, 3.05) is 10.6 Å². The number of benzene rings is 2. The van der Waals surface area contributed by atoms with E-state index in [4.69, 9.17) is 47.0 Å². The molecule has 6 nitrogen and oxygen atoms in total. The van der Waals surface area contributed by atoms with Gasteiger partial charge in [0, 0.05) is 27.5 Å². The van der Waals surface area contributed by atoms with Crippen molar-refractivity contribution >= 4 is 63.5 Å². The van der Waals surface area contributed by atoms with Crippen LogP contribution in [-0.4, -0.2) is 24.7 Å². The highest BCUT2D eigenvalue weighted by atomic mass is 35.5. The lowest BCUT2D eigenvalue weighted by Gasteiger charge is -2.07. The van der Waals surface area contributed by atoms with E-state index in [1.165, 1.54) is 12.1 Å². The molecular weight excluding hydrogens is 494 g/mol. The lowest BCUT2D eigenvalue weighted by atomic mass is 10.2. The van der Waals surface area contributed by atoms with E-state index in [2.05, 4.69) is 20.8 Å². The third-order valence-corrected chi connectivity index (χ3v) is 5.62. The zero-order chi connectivity index (χ0) is 22.7. The molecular formula is C21H16Cl3FN6S. The fourth-order valence-electron chi connectivity index (χ4n) is 2.97. The SMILES string of the molecule is Fc1ccc(Cn2cc(NC(=S)Nc3cnn(Cc4ccc(Cl)cc4Cl)c3)cn2)c(Cl)c1. The average Bonchev–Trinajstić information content (AvgIpc) is 3.35. The quantitative estimate of drug-likeness (QED) is 0.308. The van der Waals surface area contributed by atoms with Crippen LogP contribution < -0.4 is 10.6 Å². The van der Waals surface area contributed by atoms with Crippen molar-refractivity contribution in [3.05, 3.63) is 93.2 Å². The van der Waals surface area contributed by atoms with Gasteiger partial charge in [0.2, 0.25) is 0 Å². The maximum Gasteiger partial charge on any atom is 0.175 e. The molecule has 0 amide bonds. The zero-order valence-corrected chi connectivity index (χ0v) is 19.5. The third kappa shape index (κ3) is 5.77. The first kappa shape index (κ1) is 22.5. The molecule has 0 saturated carbocycles. The largest absolute Gasteiger partial charge is 0.330 e. The van der Waals surface area contributed by atoms with Crippen molar-refractivity contribution in [3.8, 4) is 0 Å². The highest BCUT2D eigenvalue weighted by Crippen LogP contribution is 2.22. The predicted octanol–water partition coefficient (Wildman–Crippen LogP) is 6.08. The summed E-state index contributed by atoms with van der Waals surface area (Å²) in [6.07, 6.45) is 6.90. The van der Waals surface area contributed by atoms with Crippen LogP contribution in [0.2, 0.25) is 15.1 Å². The third-order valence-electron chi connectivity index (χ3n) is 4.48. The smallest absolute Gasteiger partial charge is 0.175 e. The van der Waals surface area contributed by atoms with Crippen molar-refractivity contribution in [2.24, 2.45) is 0 Å². The van der Waals surface area contributed by atoms with E-state index in [9.17, 15) is 4.39 Å². The van der Waals surface area contributed by atoms with Gasteiger partial charge in [-0.1, -0.05) is 46.9 Å². The summed E-state index contributed by atoms with van der Waals surface area (Å²) in [7, 11) is 0. The van der Waals surface area contributed by atoms with Crippen molar-refractivity contribution < 1.29 is 4.39 Å². The van der Waals surface area contributed by atoms with Crippen LogP contribution in [0.5, 0.6) is 0 Å². The van der Waals surface area contributed by atoms with Gasteiger partial charge < -0.3 is 10.6 Å². The van der Waals surface area contributed by atoms with Crippen molar-refractivity contribution in [3.63, 3.8) is 0 Å². The Bertz CT molecular complexity index is 1180. The van der Waals surface area contributed by atoms with Crippen LogP contribution in [0.25, 0.3) is 0 Å². The Kier molecular flexibility index (Phi) is 6.95. The Hall–Kier alpha value is -2.65. The standard InChI is InChI=1S/C21H16Cl3FN6S/c22-15-3-1-13(19(23)5-15)9-30-11-17(7-26-30)28-21(32)29-18-8-27-31(12-18)10-14-2-4-16(25)6-20(14)24/h1-8,11-12H,9-10H2,(H2,28,29,32). The van der Waals surface area contributed by atoms with Crippen molar-refractivity contribution in [2.45, 2.75) is 13.1 Å². The molecule has 0 atom stereocenters. The number of nitrogens with one attached hydrogen (secondary N) is 2. The van der Waals surface area contributed by atoms with Gasteiger partial charge in [-0.25, -0.2) is 4.39 Å². The van der Waals surface area contributed by atoms with Gasteiger partial charge in [-0.2, -0.15) is 10.2 Å². The molecule has 0 radical (unpaired) electrons. The molecule has 0 aliphatic rings. The molecule has 32 heavy (non-hydrogen) atoms. The highest BCUT2D eigenvalue weighted by Gasteiger charge is 2.08. The molecule has 0 aliphatic carbocycles. The van der Waals surface area contributed by atoms with E-state index in [0.29, 0.717) is 39.0 Å². The van der Waals surface area contributed by atoms with Gasteiger partial charge in [0.15, 0.2) is 5.11 Å². The van der Waals surface area contributed by atoms with Gasteiger partial charge in [-0.05, 0) is 47.6 Å². The number of halogens is 4. The average molecular weight is 510 g/mol. The van der Waals surface area contributed by atoms with E-state index < -0.39 is 0 Å². The number of anilines is 2. The Morgan fingerprint density at radius 1 is 0.844 bits per heavy atom. The Labute approximate surface area is 203 Å². The molecule has 2 N–H and O–H groups in total. The summed E-state index contributed by atoms with van der Waals surface area (Å²) in [4.78, 5) is 0. The van der Waals surface area contributed by atoms with E-state index in [-0.39, 0.29) is 5.82 Å². The fourth-order valence-corrected chi connectivity index (χ4v) is 3.90. The van der Waals surface area contributed by atoms with Gasteiger partial charge in [-0.15, -0.1) is 0 Å². The Morgan fingerprint density at radius 3 is 1.91 bits per heavy atom. The molecule has 11 heteroatoms. The highest BCUT2D eigenvalue weighted by molar-refractivity contribution is 7.80. The lowest BCUT2D eigenvalue weighted by molar-refractivity contribution is 0.624. The van der Waals surface area contributed by atoms with E-state index >= 15 is 0 Å². The molecule has 2 heterocycles. The summed E-state index contributed by atoms with van der Waals surface area (Å²) in [5.41, 5.74) is 3.08. The van der Waals surface area contributed by atoms with Gasteiger partial charge in [-0.3, -0.25) is 9.36 Å². The number of hydrogen-bond donors (Lipinski definition) is 2. The first-order valence-electron chi connectivity index (χ1n) is 9.36. The fraction of sp³-hybridized carbons (Fsp3) is 0.0952. The summed E-state index contributed by atoms with van der Waals surface area (Å²) in [5.74, 6) is -0.377. The van der Waals surface area contributed by atoms with Gasteiger partial charge in [0.05, 0.1) is 36.9 Å². The van der Waals surface area contributed by atoms with E-state index in [1.54, 1.807) is 46.2 Å². The number of thiocarbonyl (C=S) groups is 1. The number of hydrogen-bond acceptors (Lipinski definition) is 3. The summed E-state index contributed by atoms with van der Waals surface area (Å²) in [5, 5.41) is 16.6.